The van der Waals surface area contributed by atoms with Crippen LogP contribution in [0.3, 0.4) is 0 Å². The summed E-state index contributed by atoms with van der Waals surface area (Å²) in [6.45, 7) is 6.08. The maximum atomic E-state index is 12.1. The minimum atomic E-state index is -0.782. The first-order valence-electron chi connectivity index (χ1n) is 7.38. The van der Waals surface area contributed by atoms with Gasteiger partial charge in [0.25, 0.3) is 0 Å². The van der Waals surface area contributed by atoms with Gasteiger partial charge in [0, 0.05) is 13.2 Å². The van der Waals surface area contributed by atoms with Gasteiger partial charge in [0.1, 0.15) is 5.41 Å². The van der Waals surface area contributed by atoms with Crippen LogP contribution in [0.4, 0.5) is 0 Å². The number of hydrogen-bond acceptors (Lipinski definition) is 3. The first-order valence-corrected chi connectivity index (χ1v) is 7.38. The number of hydrogen-bond donors (Lipinski definition) is 1. The topological polar surface area (TPSA) is 62.1 Å². The Morgan fingerprint density at radius 2 is 2.00 bits per heavy atom. The van der Waals surface area contributed by atoms with Crippen molar-refractivity contribution in [3.63, 3.8) is 0 Å². The van der Waals surface area contributed by atoms with Crippen LogP contribution in [0.2, 0.25) is 0 Å². The fourth-order valence-corrected chi connectivity index (χ4v) is 2.37. The van der Waals surface area contributed by atoms with E-state index >= 15 is 0 Å². The highest BCUT2D eigenvalue weighted by Gasteiger charge is 2.39. The molecule has 0 saturated heterocycles. The van der Waals surface area contributed by atoms with Crippen LogP contribution in [0.25, 0.3) is 0 Å². The molecular weight excluding hydrogens is 240 g/mol. The molecular formula is C15H26N2O2. The van der Waals surface area contributed by atoms with Crippen molar-refractivity contribution in [2.45, 2.75) is 52.4 Å². The second-order valence-corrected chi connectivity index (χ2v) is 5.81. The number of carbonyl (C=O) groups excluding carboxylic acids is 1. The van der Waals surface area contributed by atoms with Crippen LogP contribution in [0, 0.1) is 22.7 Å². The van der Waals surface area contributed by atoms with Crippen LogP contribution in [0.15, 0.2) is 0 Å². The third kappa shape index (κ3) is 5.20. The molecule has 1 fully saturated rings. The van der Waals surface area contributed by atoms with E-state index in [1.807, 2.05) is 0 Å². The summed E-state index contributed by atoms with van der Waals surface area (Å²) in [5.74, 6) is 0.529. The molecule has 0 radical (unpaired) electrons. The number of nitrogens with one attached hydrogen (secondary N) is 1. The van der Waals surface area contributed by atoms with E-state index in [4.69, 9.17) is 4.74 Å². The van der Waals surface area contributed by atoms with E-state index in [0.717, 1.165) is 32.3 Å². The Bertz CT molecular complexity index is 315. The standard InChI is InChI=1S/C15H26N2O2/c1-13(2)6-10-19-11-9-17-14(18)15(12-16)7-4-3-5-8-15/h13H,3-11H2,1-2H3,(H,17,18). The fourth-order valence-electron chi connectivity index (χ4n) is 2.37. The Morgan fingerprint density at radius 1 is 1.32 bits per heavy atom. The highest BCUT2D eigenvalue weighted by molar-refractivity contribution is 5.85. The van der Waals surface area contributed by atoms with E-state index in [2.05, 4.69) is 25.2 Å². The van der Waals surface area contributed by atoms with Crippen molar-refractivity contribution in [3.05, 3.63) is 0 Å². The number of ether oxygens (including phenoxy) is 1. The summed E-state index contributed by atoms with van der Waals surface area (Å²) in [7, 11) is 0. The number of nitriles is 1. The predicted molar refractivity (Wildman–Crippen MR) is 74.4 cm³/mol. The highest BCUT2D eigenvalue weighted by Crippen LogP contribution is 2.35. The SMILES string of the molecule is CC(C)CCOCCNC(=O)C1(C#N)CCCCC1. The van der Waals surface area contributed by atoms with Gasteiger partial charge in [-0.1, -0.05) is 33.1 Å². The molecule has 0 aromatic rings. The number of amides is 1. The minimum Gasteiger partial charge on any atom is -0.380 e. The van der Waals surface area contributed by atoms with E-state index in [9.17, 15) is 10.1 Å². The molecule has 0 heterocycles. The Kier molecular flexibility index (Phi) is 6.86. The lowest BCUT2D eigenvalue weighted by Crippen LogP contribution is -2.42. The van der Waals surface area contributed by atoms with Gasteiger partial charge in [0.2, 0.25) is 5.91 Å². The van der Waals surface area contributed by atoms with Crippen LogP contribution in [0.5, 0.6) is 0 Å². The number of rotatable bonds is 7. The average molecular weight is 266 g/mol. The van der Waals surface area contributed by atoms with Gasteiger partial charge in [-0.2, -0.15) is 5.26 Å². The molecule has 108 valence electrons. The number of nitrogens with zero attached hydrogens (tertiary/aromatic N) is 1. The lowest BCUT2D eigenvalue weighted by Gasteiger charge is -2.29. The predicted octanol–water partition coefficient (Wildman–Crippen LogP) is 2.64. The van der Waals surface area contributed by atoms with E-state index < -0.39 is 5.41 Å². The summed E-state index contributed by atoms with van der Waals surface area (Å²) in [6, 6.07) is 2.23. The van der Waals surface area contributed by atoms with Gasteiger partial charge in [-0.15, -0.1) is 0 Å². The van der Waals surface area contributed by atoms with Crippen LogP contribution < -0.4 is 5.32 Å². The second-order valence-electron chi connectivity index (χ2n) is 5.81. The maximum Gasteiger partial charge on any atom is 0.240 e. The first-order chi connectivity index (χ1) is 9.10. The quantitative estimate of drug-likeness (QED) is 0.720. The monoisotopic (exact) mass is 266 g/mol. The molecule has 1 aliphatic carbocycles. The van der Waals surface area contributed by atoms with E-state index in [1.54, 1.807) is 0 Å². The Hall–Kier alpha value is -1.08. The molecule has 4 heteroatoms. The van der Waals surface area contributed by atoms with E-state index in [1.165, 1.54) is 0 Å². The molecule has 0 bridgehead atoms. The summed E-state index contributed by atoms with van der Waals surface area (Å²) < 4.78 is 5.45. The fraction of sp³-hybridized carbons (Fsp3) is 0.867. The summed E-state index contributed by atoms with van der Waals surface area (Å²) >= 11 is 0. The lowest BCUT2D eigenvalue weighted by atomic mass is 9.74. The molecule has 19 heavy (non-hydrogen) atoms. The van der Waals surface area contributed by atoms with Crippen LogP contribution >= 0.6 is 0 Å². The molecule has 4 nitrogen and oxygen atoms in total. The van der Waals surface area contributed by atoms with Crippen molar-refractivity contribution in [1.82, 2.24) is 5.32 Å². The van der Waals surface area contributed by atoms with Crippen molar-refractivity contribution in [1.29, 1.82) is 5.26 Å². The Labute approximate surface area is 116 Å². The lowest BCUT2D eigenvalue weighted by molar-refractivity contribution is -0.129. The van der Waals surface area contributed by atoms with Crippen molar-refractivity contribution in [2.75, 3.05) is 19.8 Å². The molecule has 1 amide bonds. The molecule has 1 saturated carbocycles. The normalized spacial score (nSPS) is 18.0. The zero-order valence-electron chi connectivity index (χ0n) is 12.2. The highest BCUT2D eigenvalue weighted by atomic mass is 16.5. The van der Waals surface area contributed by atoms with Gasteiger partial charge < -0.3 is 10.1 Å². The van der Waals surface area contributed by atoms with Gasteiger partial charge in [0.05, 0.1) is 12.7 Å². The van der Waals surface area contributed by atoms with Gasteiger partial charge in [-0.25, -0.2) is 0 Å². The molecule has 0 spiro atoms. The summed E-state index contributed by atoms with van der Waals surface area (Å²) in [4.78, 5) is 12.1. The van der Waals surface area contributed by atoms with Crippen molar-refractivity contribution in [3.8, 4) is 6.07 Å². The van der Waals surface area contributed by atoms with Gasteiger partial charge >= 0.3 is 0 Å². The zero-order valence-corrected chi connectivity index (χ0v) is 12.2. The molecule has 0 aromatic carbocycles. The van der Waals surface area contributed by atoms with Crippen LogP contribution in [0.1, 0.15) is 52.4 Å². The molecule has 0 aliphatic heterocycles. The number of carbonyl (C=O) groups is 1. The minimum absolute atomic E-state index is 0.109. The third-order valence-electron chi connectivity index (χ3n) is 3.73. The van der Waals surface area contributed by atoms with Gasteiger partial charge in [0.15, 0.2) is 0 Å². The third-order valence-corrected chi connectivity index (χ3v) is 3.73. The Morgan fingerprint density at radius 3 is 2.58 bits per heavy atom. The van der Waals surface area contributed by atoms with Crippen molar-refractivity contribution >= 4 is 5.91 Å². The molecule has 1 aliphatic rings. The molecule has 1 N–H and O–H groups in total. The van der Waals surface area contributed by atoms with Crippen LogP contribution in [-0.4, -0.2) is 25.7 Å². The maximum absolute atomic E-state index is 12.1. The molecule has 1 rings (SSSR count). The Balaban J connectivity index is 2.21. The average Bonchev–Trinajstić information content (AvgIpc) is 2.42. The molecule has 0 aromatic heterocycles. The first kappa shape index (κ1) is 16.0. The second kappa shape index (κ2) is 8.16. The summed E-state index contributed by atoms with van der Waals surface area (Å²) in [5.41, 5.74) is -0.782. The van der Waals surface area contributed by atoms with Crippen molar-refractivity contribution < 1.29 is 9.53 Å². The van der Waals surface area contributed by atoms with Crippen LogP contribution in [-0.2, 0) is 9.53 Å². The molecule has 0 unspecified atom stereocenters. The summed E-state index contributed by atoms with van der Waals surface area (Å²) in [6.07, 6.45) is 5.52. The smallest absolute Gasteiger partial charge is 0.240 e. The van der Waals surface area contributed by atoms with Gasteiger partial charge in [-0.3, -0.25) is 4.79 Å². The van der Waals surface area contributed by atoms with Crippen molar-refractivity contribution in [2.24, 2.45) is 11.3 Å². The largest absolute Gasteiger partial charge is 0.380 e. The van der Waals surface area contributed by atoms with Gasteiger partial charge in [-0.05, 0) is 25.2 Å². The molecule has 0 atom stereocenters. The van der Waals surface area contributed by atoms with E-state index in [-0.39, 0.29) is 5.91 Å². The summed E-state index contributed by atoms with van der Waals surface area (Å²) in [5, 5.41) is 12.1. The zero-order chi connectivity index (χ0) is 14.1. The van der Waals surface area contributed by atoms with E-state index in [0.29, 0.717) is 31.9 Å².